The van der Waals surface area contributed by atoms with E-state index in [1.54, 1.807) is 6.07 Å². The lowest BCUT2D eigenvalue weighted by Gasteiger charge is -2.41. The first-order chi connectivity index (χ1) is 7.83. The number of hydrogen-bond acceptors (Lipinski definition) is 1. The Bertz CT molecular complexity index is 394. The van der Waals surface area contributed by atoms with E-state index in [1.807, 2.05) is 12.1 Å². The number of nitrogens with zero attached hydrogens (tertiary/aromatic N) is 1. The van der Waals surface area contributed by atoms with Gasteiger partial charge < -0.3 is 0 Å². The molecule has 1 aromatic rings. The Kier molecular flexibility index (Phi) is 3.58. The summed E-state index contributed by atoms with van der Waals surface area (Å²) < 4.78 is 13.6. The van der Waals surface area contributed by atoms with E-state index in [1.165, 1.54) is 6.07 Å². The van der Waals surface area contributed by atoms with Crippen molar-refractivity contribution < 1.29 is 4.39 Å². The highest BCUT2D eigenvalue weighted by atomic mass is 19.1. The first-order valence-corrected chi connectivity index (χ1v) is 5.75. The third-order valence-electron chi connectivity index (χ3n) is 3.16. The highest BCUT2D eigenvalue weighted by Gasteiger charge is 2.30. The van der Waals surface area contributed by atoms with Gasteiger partial charge >= 0.3 is 0 Å². The average molecular weight is 217 g/mol. The fraction of sp³-hybridized carbons (Fsp3) is 0.429. The molecule has 1 nitrogen and oxygen atoms in total. The Labute approximate surface area is 96.3 Å². The van der Waals surface area contributed by atoms with Gasteiger partial charge in [-0.2, -0.15) is 0 Å². The monoisotopic (exact) mass is 217 g/mol. The maximum Gasteiger partial charge on any atom is 0.127 e. The van der Waals surface area contributed by atoms with Crippen LogP contribution in [0.5, 0.6) is 0 Å². The van der Waals surface area contributed by atoms with Gasteiger partial charge in [0.1, 0.15) is 5.82 Å². The number of hydrogen-bond donors (Lipinski definition) is 0. The normalized spacial score (nSPS) is 20.1. The standard InChI is InChI=1S/C14H16FN/c1-2-3-6-10-16-11-9-14(16)12-7-4-5-8-13(12)15/h1,4-5,7-8,14H,3,6,9-11H2. The van der Waals surface area contributed by atoms with Gasteiger partial charge in [0.25, 0.3) is 0 Å². The predicted octanol–water partition coefficient (Wildman–Crippen LogP) is 2.99. The van der Waals surface area contributed by atoms with Crippen LogP contribution in [0, 0.1) is 18.2 Å². The molecular weight excluding hydrogens is 201 g/mol. The topological polar surface area (TPSA) is 3.24 Å². The molecule has 16 heavy (non-hydrogen) atoms. The minimum absolute atomic E-state index is 0.0888. The fourth-order valence-electron chi connectivity index (χ4n) is 2.19. The molecule has 1 unspecified atom stereocenters. The second-order valence-corrected chi connectivity index (χ2v) is 4.17. The maximum atomic E-state index is 13.6. The van der Waals surface area contributed by atoms with Crippen LogP contribution in [0.2, 0.25) is 0 Å². The smallest absolute Gasteiger partial charge is 0.127 e. The Morgan fingerprint density at radius 2 is 2.25 bits per heavy atom. The number of likely N-dealkylation sites (tertiary alicyclic amines) is 1. The Morgan fingerprint density at radius 1 is 1.44 bits per heavy atom. The lowest BCUT2D eigenvalue weighted by Crippen LogP contribution is -2.41. The summed E-state index contributed by atoms with van der Waals surface area (Å²) in [5.41, 5.74) is 0.828. The number of rotatable bonds is 4. The Hall–Kier alpha value is -1.33. The van der Waals surface area contributed by atoms with E-state index >= 15 is 0 Å². The number of unbranched alkanes of at least 4 members (excludes halogenated alkanes) is 1. The van der Waals surface area contributed by atoms with Crippen molar-refractivity contribution in [1.82, 2.24) is 4.90 Å². The van der Waals surface area contributed by atoms with Crippen molar-refractivity contribution in [2.45, 2.75) is 25.3 Å². The Morgan fingerprint density at radius 3 is 2.88 bits per heavy atom. The van der Waals surface area contributed by atoms with Gasteiger partial charge in [-0.3, -0.25) is 4.90 Å². The molecule has 84 valence electrons. The van der Waals surface area contributed by atoms with Crippen LogP contribution in [0.1, 0.15) is 30.9 Å². The summed E-state index contributed by atoms with van der Waals surface area (Å²) in [4.78, 5) is 2.30. The van der Waals surface area contributed by atoms with Crippen LogP contribution in [0.4, 0.5) is 4.39 Å². The first kappa shape index (κ1) is 11.2. The Balaban J connectivity index is 1.96. The van der Waals surface area contributed by atoms with Crippen molar-refractivity contribution in [3.8, 4) is 12.3 Å². The van der Waals surface area contributed by atoms with Crippen LogP contribution >= 0.6 is 0 Å². The number of benzene rings is 1. The van der Waals surface area contributed by atoms with Gasteiger partial charge in [-0.15, -0.1) is 12.3 Å². The van der Waals surface area contributed by atoms with Gasteiger partial charge in [0.15, 0.2) is 0 Å². The zero-order valence-electron chi connectivity index (χ0n) is 9.32. The van der Waals surface area contributed by atoms with E-state index in [0.29, 0.717) is 0 Å². The fourth-order valence-corrected chi connectivity index (χ4v) is 2.19. The van der Waals surface area contributed by atoms with E-state index in [0.717, 1.165) is 37.9 Å². The van der Waals surface area contributed by atoms with Gasteiger partial charge in [-0.25, -0.2) is 4.39 Å². The van der Waals surface area contributed by atoms with Crippen LogP contribution in [-0.4, -0.2) is 18.0 Å². The molecular formula is C14H16FN. The minimum atomic E-state index is -0.0888. The summed E-state index contributed by atoms with van der Waals surface area (Å²) >= 11 is 0. The molecule has 1 atom stereocenters. The molecule has 0 aliphatic carbocycles. The zero-order chi connectivity index (χ0) is 11.4. The van der Waals surface area contributed by atoms with Crippen LogP contribution in [0.25, 0.3) is 0 Å². The quantitative estimate of drug-likeness (QED) is 0.553. The van der Waals surface area contributed by atoms with E-state index in [2.05, 4.69) is 10.8 Å². The summed E-state index contributed by atoms with van der Waals surface area (Å²) in [7, 11) is 0. The van der Waals surface area contributed by atoms with Gasteiger partial charge in [0.2, 0.25) is 0 Å². The van der Waals surface area contributed by atoms with Crippen molar-refractivity contribution >= 4 is 0 Å². The second kappa shape index (κ2) is 5.14. The molecule has 2 heteroatoms. The molecule has 1 aliphatic rings. The molecule has 1 saturated heterocycles. The molecule has 0 saturated carbocycles. The lowest BCUT2D eigenvalue weighted by molar-refractivity contribution is 0.0871. The first-order valence-electron chi connectivity index (χ1n) is 5.75. The molecule has 1 fully saturated rings. The molecule has 1 heterocycles. The number of halogens is 1. The third kappa shape index (κ3) is 2.25. The predicted molar refractivity (Wildman–Crippen MR) is 63.4 cm³/mol. The summed E-state index contributed by atoms with van der Waals surface area (Å²) in [5.74, 6) is 2.55. The van der Waals surface area contributed by atoms with Gasteiger partial charge in [0, 0.05) is 24.6 Å². The van der Waals surface area contributed by atoms with Crippen molar-refractivity contribution in [2.75, 3.05) is 13.1 Å². The number of terminal acetylenes is 1. The van der Waals surface area contributed by atoms with Gasteiger partial charge in [0.05, 0.1) is 0 Å². The highest BCUT2D eigenvalue weighted by Crippen LogP contribution is 2.34. The summed E-state index contributed by atoms with van der Waals surface area (Å²) in [6, 6.07) is 7.32. The van der Waals surface area contributed by atoms with E-state index < -0.39 is 0 Å². The largest absolute Gasteiger partial charge is 0.296 e. The summed E-state index contributed by atoms with van der Waals surface area (Å²) in [6.45, 7) is 2.03. The van der Waals surface area contributed by atoms with Crippen LogP contribution in [-0.2, 0) is 0 Å². The molecule has 0 spiro atoms. The summed E-state index contributed by atoms with van der Waals surface area (Å²) in [5, 5.41) is 0. The minimum Gasteiger partial charge on any atom is -0.296 e. The molecule has 1 aliphatic heterocycles. The van der Waals surface area contributed by atoms with Crippen molar-refractivity contribution in [2.24, 2.45) is 0 Å². The SMILES string of the molecule is C#CCCCN1CCC1c1ccccc1F. The molecule has 1 aromatic carbocycles. The second-order valence-electron chi connectivity index (χ2n) is 4.17. The summed E-state index contributed by atoms with van der Waals surface area (Å²) in [6.07, 6.45) is 8.08. The zero-order valence-corrected chi connectivity index (χ0v) is 9.32. The molecule has 0 bridgehead atoms. The van der Waals surface area contributed by atoms with Gasteiger partial charge in [-0.1, -0.05) is 18.2 Å². The molecule has 0 N–H and O–H groups in total. The maximum absolute atomic E-state index is 13.6. The molecule has 0 amide bonds. The molecule has 0 radical (unpaired) electrons. The van der Waals surface area contributed by atoms with Crippen molar-refractivity contribution in [1.29, 1.82) is 0 Å². The van der Waals surface area contributed by atoms with E-state index in [9.17, 15) is 4.39 Å². The van der Waals surface area contributed by atoms with E-state index in [4.69, 9.17) is 6.42 Å². The molecule has 0 aromatic heterocycles. The van der Waals surface area contributed by atoms with Gasteiger partial charge in [-0.05, 0) is 25.5 Å². The third-order valence-corrected chi connectivity index (χ3v) is 3.16. The van der Waals surface area contributed by atoms with E-state index in [-0.39, 0.29) is 11.9 Å². The average Bonchev–Trinajstić information content (AvgIpc) is 2.26. The van der Waals surface area contributed by atoms with Crippen LogP contribution in [0.3, 0.4) is 0 Å². The van der Waals surface area contributed by atoms with Crippen molar-refractivity contribution in [3.05, 3.63) is 35.6 Å². The highest BCUT2D eigenvalue weighted by molar-refractivity contribution is 5.23. The molecule has 2 rings (SSSR count). The van der Waals surface area contributed by atoms with Crippen LogP contribution in [0.15, 0.2) is 24.3 Å². The van der Waals surface area contributed by atoms with Crippen LogP contribution < -0.4 is 0 Å². The lowest BCUT2D eigenvalue weighted by atomic mass is 9.94. The van der Waals surface area contributed by atoms with Crippen molar-refractivity contribution in [3.63, 3.8) is 0 Å².